The van der Waals surface area contributed by atoms with Gasteiger partial charge in [-0.1, -0.05) is 6.07 Å². The van der Waals surface area contributed by atoms with Crippen molar-refractivity contribution in [2.75, 3.05) is 5.32 Å². The van der Waals surface area contributed by atoms with E-state index in [1.807, 2.05) is 24.3 Å². The smallest absolute Gasteiger partial charge is 0.339 e. The van der Waals surface area contributed by atoms with Gasteiger partial charge >= 0.3 is 5.97 Å². The summed E-state index contributed by atoms with van der Waals surface area (Å²) in [6.07, 6.45) is 6.01. The van der Waals surface area contributed by atoms with Crippen LogP contribution in [0, 0.1) is 24.7 Å². The molecule has 0 saturated heterocycles. The molecule has 1 aromatic heterocycles. The van der Waals surface area contributed by atoms with Crippen LogP contribution in [0.25, 0.3) is 5.69 Å². The van der Waals surface area contributed by atoms with Crippen molar-refractivity contribution in [2.45, 2.75) is 32.6 Å². The summed E-state index contributed by atoms with van der Waals surface area (Å²) in [7, 11) is 0. The molecule has 4 rings (SSSR count). The molecule has 6 heteroatoms. The number of carbonyl (C=O) groups is 2. The molecule has 2 aromatic rings. The van der Waals surface area contributed by atoms with E-state index in [0.717, 1.165) is 11.4 Å². The molecule has 25 heavy (non-hydrogen) atoms. The number of aromatic nitrogens is 2. The van der Waals surface area contributed by atoms with Crippen molar-refractivity contribution in [3.63, 3.8) is 0 Å². The number of carbonyl (C=O) groups excluding carboxylic acids is 1. The molecule has 2 saturated carbocycles. The highest BCUT2D eigenvalue weighted by Crippen LogP contribution is 2.49. The molecule has 130 valence electrons. The average molecular weight is 339 g/mol. The molecule has 1 aromatic carbocycles. The van der Waals surface area contributed by atoms with Crippen molar-refractivity contribution in [1.29, 1.82) is 0 Å². The summed E-state index contributed by atoms with van der Waals surface area (Å²) >= 11 is 0. The third-order valence-corrected chi connectivity index (χ3v) is 5.16. The molecular formula is C19H21N3O3. The van der Waals surface area contributed by atoms with Crippen molar-refractivity contribution in [3.05, 3.63) is 41.7 Å². The number of hydrogen-bond donors (Lipinski definition) is 2. The minimum atomic E-state index is -0.995. The number of carboxylic acid groups (broad SMARTS) is 1. The van der Waals surface area contributed by atoms with Gasteiger partial charge in [-0.2, -0.15) is 5.10 Å². The number of aromatic carboxylic acids is 1. The third-order valence-electron chi connectivity index (χ3n) is 5.16. The summed E-state index contributed by atoms with van der Waals surface area (Å²) in [6, 6.07) is 7.38. The van der Waals surface area contributed by atoms with Gasteiger partial charge in [-0.05, 0) is 62.6 Å². The van der Waals surface area contributed by atoms with Crippen LogP contribution in [-0.2, 0) is 4.79 Å². The second-order valence-corrected chi connectivity index (χ2v) is 7.10. The number of carboxylic acids is 1. The van der Waals surface area contributed by atoms with Crippen LogP contribution in [0.1, 0.15) is 41.7 Å². The number of benzene rings is 1. The average Bonchev–Trinajstić information content (AvgIpc) is 3.49. The Morgan fingerprint density at radius 3 is 2.48 bits per heavy atom. The van der Waals surface area contributed by atoms with Crippen LogP contribution in [0.2, 0.25) is 0 Å². The van der Waals surface area contributed by atoms with Crippen LogP contribution in [0.4, 0.5) is 5.69 Å². The summed E-state index contributed by atoms with van der Waals surface area (Å²) in [4.78, 5) is 23.9. The van der Waals surface area contributed by atoms with Gasteiger partial charge in [-0.3, -0.25) is 4.79 Å². The standard InChI is InChI=1S/C19H21N3O3/c1-11-16(19(24)25)10-20-22(11)15-4-2-3-14(9-15)21-18(23)17(12-5-6-12)13-7-8-13/h2-4,9-10,12-13,17H,5-8H2,1H3,(H,21,23)(H,24,25). The van der Waals surface area contributed by atoms with Gasteiger partial charge < -0.3 is 10.4 Å². The van der Waals surface area contributed by atoms with E-state index in [4.69, 9.17) is 5.11 Å². The lowest BCUT2D eigenvalue weighted by Crippen LogP contribution is -2.26. The Balaban J connectivity index is 1.55. The maximum Gasteiger partial charge on any atom is 0.339 e. The number of nitrogens with zero attached hydrogens (tertiary/aromatic N) is 2. The molecule has 0 atom stereocenters. The first-order chi connectivity index (χ1) is 12.0. The molecule has 2 aliphatic rings. The fourth-order valence-corrected chi connectivity index (χ4v) is 3.54. The third kappa shape index (κ3) is 3.16. The van der Waals surface area contributed by atoms with E-state index in [0.29, 0.717) is 17.5 Å². The number of nitrogens with one attached hydrogen (secondary N) is 1. The van der Waals surface area contributed by atoms with Crippen LogP contribution in [0.3, 0.4) is 0 Å². The highest BCUT2D eigenvalue weighted by molar-refractivity contribution is 5.93. The van der Waals surface area contributed by atoms with E-state index in [-0.39, 0.29) is 17.4 Å². The minimum absolute atomic E-state index is 0.116. The largest absolute Gasteiger partial charge is 0.478 e. The molecule has 6 nitrogen and oxygen atoms in total. The maximum absolute atomic E-state index is 12.7. The van der Waals surface area contributed by atoms with E-state index >= 15 is 0 Å². The SMILES string of the molecule is Cc1c(C(=O)O)cnn1-c1cccc(NC(=O)C(C2CC2)C2CC2)c1. The van der Waals surface area contributed by atoms with Gasteiger partial charge in [0, 0.05) is 11.6 Å². The van der Waals surface area contributed by atoms with Gasteiger partial charge in [0.2, 0.25) is 5.91 Å². The van der Waals surface area contributed by atoms with E-state index < -0.39 is 5.97 Å². The lowest BCUT2D eigenvalue weighted by Gasteiger charge is -2.16. The Morgan fingerprint density at radius 1 is 1.24 bits per heavy atom. The summed E-state index contributed by atoms with van der Waals surface area (Å²) < 4.78 is 1.58. The molecular weight excluding hydrogens is 318 g/mol. The quantitative estimate of drug-likeness (QED) is 0.846. The highest BCUT2D eigenvalue weighted by atomic mass is 16.4. The van der Waals surface area contributed by atoms with Crippen molar-refractivity contribution < 1.29 is 14.7 Å². The first-order valence-corrected chi connectivity index (χ1v) is 8.74. The second-order valence-electron chi connectivity index (χ2n) is 7.10. The lowest BCUT2D eigenvalue weighted by molar-refractivity contribution is -0.121. The van der Waals surface area contributed by atoms with Gasteiger partial charge in [-0.25, -0.2) is 9.48 Å². The highest BCUT2D eigenvalue weighted by Gasteiger charge is 2.45. The molecule has 0 aliphatic heterocycles. The summed E-state index contributed by atoms with van der Waals surface area (Å²) in [6.45, 7) is 1.72. The van der Waals surface area contributed by atoms with Gasteiger partial charge in [0.1, 0.15) is 5.56 Å². The van der Waals surface area contributed by atoms with Crippen LogP contribution in [-0.4, -0.2) is 26.8 Å². The van der Waals surface area contributed by atoms with Crippen LogP contribution in [0.5, 0.6) is 0 Å². The molecule has 0 spiro atoms. The van der Waals surface area contributed by atoms with E-state index in [1.54, 1.807) is 11.6 Å². The lowest BCUT2D eigenvalue weighted by atomic mass is 9.97. The van der Waals surface area contributed by atoms with Crippen molar-refractivity contribution in [3.8, 4) is 5.69 Å². The van der Waals surface area contributed by atoms with Gasteiger partial charge in [-0.15, -0.1) is 0 Å². The number of anilines is 1. The fraction of sp³-hybridized carbons (Fsp3) is 0.421. The summed E-state index contributed by atoms with van der Waals surface area (Å²) in [5.41, 5.74) is 2.19. The topological polar surface area (TPSA) is 84.2 Å². The monoisotopic (exact) mass is 339 g/mol. The van der Waals surface area contributed by atoms with Crippen molar-refractivity contribution >= 4 is 17.6 Å². The zero-order chi connectivity index (χ0) is 17.6. The van der Waals surface area contributed by atoms with Gasteiger partial charge in [0.25, 0.3) is 0 Å². The Morgan fingerprint density at radius 2 is 1.92 bits per heavy atom. The Hall–Kier alpha value is -2.63. The molecule has 0 radical (unpaired) electrons. The first-order valence-electron chi connectivity index (χ1n) is 8.74. The molecule has 0 unspecified atom stereocenters. The molecule has 1 heterocycles. The maximum atomic E-state index is 12.7. The van der Waals surface area contributed by atoms with Crippen LogP contribution < -0.4 is 5.32 Å². The number of amides is 1. The predicted molar refractivity (Wildman–Crippen MR) is 92.8 cm³/mol. The zero-order valence-corrected chi connectivity index (χ0v) is 14.1. The molecule has 2 aliphatic carbocycles. The van der Waals surface area contributed by atoms with E-state index in [9.17, 15) is 9.59 Å². The number of rotatable bonds is 6. The number of hydrogen-bond acceptors (Lipinski definition) is 3. The van der Waals surface area contributed by atoms with Crippen LogP contribution >= 0.6 is 0 Å². The molecule has 2 fully saturated rings. The molecule has 1 amide bonds. The minimum Gasteiger partial charge on any atom is -0.478 e. The van der Waals surface area contributed by atoms with Crippen molar-refractivity contribution in [1.82, 2.24) is 9.78 Å². The first kappa shape index (κ1) is 15.9. The van der Waals surface area contributed by atoms with E-state index in [1.165, 1.54) is 31.9 Å². The molecule has 0 bridgehead atoms. The van der Waals surface area contributed by atoms with Gasteiger partial charge in [0.15, 0.2) is 0 Å². The van der Waals surface area contributed by atoms with E-state index in [2.05, 4.69) is 10.4 Å². The second kappa shape index (κ2) is 6.02. The summed E-state index contributed by atoms with van der Waals surface area (Å²) in [5, 5.41) is 16.4. The Bertz CT molecular complexity index is 822. The Kier molecular flexibility index (Phi) is 3.82. The predicted octanol–water partition coefficient (Wildman–Crippen LogP) is 3.25. The zero-order valence-electron chi connectivity index (χ0n) is 14.1. The summed E-state index contributed by atoms with van der Waals surface area (Å²) in [5.74, 6) is 0.383. The normalized spacial score (nSPS) is 16.9. The van der Waals surface area contributed by atoms with Crippen LogP contribution in [0.15, 0.2) is 30.5 Å². The fourth-order valence-electron chi connectivity index (χ4n) is 3.54. The molecule has 2 N–H and O–H groups in total. The Labute approximate surface area is 145 Å². The van der Waals surface area contributed by atoms with Gasteiger partial charge in [0.05, 0.1) is 17.6 Å². The van der Waals surface area contributed by atoms with Crippen molar-refractivity contribution in [2.24, 2.45) is 17.8 Å².